The molecule has 0 saturated heterocycles. The normalized spacial score (nSPS) is 12.5. The van der Waals surface area contributed by atoms with E-state index in [9.17, 15) is 0 Å². The molecule has 0 amide bonds. The minimum atomic E-state index is 0.305. The van der Waals surface area contributed by atoms with Gasteiger partial charge in [-0.25, -0.2) is 0 Å². The molecule has 0 bridgehead atoms. The molecule has 1 aromatic heterocycles. The number of aromatic nitrogens is 2. The molecule has 1 aromatic rings. The Morgan fingerprint density at radius 1 is 1.64 bits per heavy atom. The van der Waals surface area contributed by atoms with Gasteiger partial charge in [-0.3, -0.25) is 0 Å². The molecule has 0 N–H and O–H groups in total. The molecule has 14 heavy (non-hydrogen) atoms. The molecule has 0 fully saturated rings. The van der Waals surface area contributed by atoms with Crippen LogP contribution in [0.1, 0.15) is 0 Å². The number of halogens is 1. The van der Waals surface area contributed by atoms with Gasteiger partial charge in [0, 0.05) is 26.9 Å². The highest BCUT2D eigenvalue weighted by molar-refractivity contribution is 9.09. The Kier molecular flexibility index (Phi) is 4.82. The molecule has 78 valence electrons. The van der Waals surface area contributed by atoms with Gasteiger partial charge in [0.1, 0.15) is 0 Å². The first-order chi connectivity index (χ1) is 6.74. The van der Waals surface area contributed by atoms with Gasteiger partial charge in [0.15, 0.2) is 5.82 Å². The summed E-state index contributed by atoms with van der Waals surface area (Å²) in [6.45, 7) is 1.52. The van der Waals surface area contributed by atoms with Crippen LogP contribution in [0.15, 0.2) is 18.3 Å². The molecule has 1 unspecified atom stereocenters. The first kappa shape index (κ1) is 11.4. The summed E-state index contributed by atoms with van der Waals surface area (Å²) in [5, 5.41) is 7.83. The smallest absolute Gasteiger partial charge is 0.151 e. The van der Waals surface area contributed by atoms with E-state index >= 15 is 0 Å². The molecule has 0 aliphatic carbocycles. The number of hydrogen-bond donors (Lipinski definition) is 0. The van der Waals surface area contributed by atoms with E-state index in [1.165, 1.54) is 0 Å². The van der Waals surface area contributed by atoms with E-state index in [-0.39, 0.29) is 0 Å². The van der Waals surface area contributed by atoms with Crippen molar-refractivity contribution in [1.29, 1.82) is 0 Å². The van der Waals surface area contributed by atoms with Crippen molar-refractivity contribution < 1.29 is 4.74 Å². The van der Waals surface area contributed by atoms with Crippen molar-refractivity contribution in [2.45, 2.75) is 4.83 Å². The highest BCUT2D eigenvalue weighted by Crippen LogP contribution is 2.09. The minimum absolute atomic E-state index is 0.305. The van der Waals surface area contributed by atoms with Crippen LogP contribution in [0.2, 0.25) is 0 Å². The van der Waals surface area contributed by atoms with E-state index in [1.54, 1.807) is 13.3 Å². The van der Waals surface area contributed by atoms with E-state index in [0.717, 1.165) is 12.4 Å². The van der Waals surface area contributed by atoms with Crippen LogP contribution < -0.4 is 4.90 Å². The molecule has 0 radical (unpaired) electrons. The molecule has 0 saturated carbocycles. The van der Waals surface area contributed by atoms with Gasteiger partial charge in [-0.05, 0) is 12.1 Å². The van der Waals surface area contributed by atoms with E-state index in [4.69, 9.17) is 4.74 Å². The predicted octanol–water partition coefficient (Wildman–Crippen LogP) is 1.32. The largest absolute Gasteiger partial charge is 0.383 e. The zero-order chi connectivity index (χ0) is 10.4. The summed E-state index contributed by atoms with van der Waals surface area (Å²) in [6.07, 6.45) is 1.66. The van der Waals surface area contributed by atoms with Gasteiger partial charge in [0.05, 0.1) is 11.4 Å². The Morgan fingerprint density at radius 3 is 3.00 bits per heavy atom. The predicted molar refractivity (Wildman–Crippen MR) is 59.9 cm³/mol. The third-order valence-corrected chi connectivity index (χ3v) is 2.32. The second kappa shape index (κ2) is 5.93. The fourth-order valence-electron chi connectivity index (χ4n) is 1.12. The third-order valence-electron chi connectivity index (χ3n) is 1.77. The lowest BCUT2D eigenvalue weighted by molar-refractivity contribution is 0.201. The average Bonchev–Trinajstić information content (AvgIpc) is 2.19. The molecule has 4 nitrogen and oxygen atoms in total. The van der Waals surface area contributed by atoms with Gasteiger partial charge >= 0.3 is 0 Å². The second-order valence-corrected chi connectivity index (χ2v) is 4.31. The monoisotopic (exact) mass is 259 g/mol. The van der Waals surface area contributed by atoms with Crippen molar-refractivity contribution in [3.63, 3.8) is 0 Å². The van der Waals surface area contributed by atoms with Crippen molar-refractivity contribution in [1.82, 2.24) is 10.2 Å². The number of anilines is 1. The fraction of sp³-hybridized carbons (Fsp3) is 0.556. The Hall–Kier alpha value is -0.680. The fourth-order valence-corrected chi connectivity index (χ4v) is 1.82. The van der Waals surface area contributed by atoms with E-state index in [0.29, 0.717) is 11.4 Å². The second-order valence-electron chi connectivity index (χ2n) is 3.02. The number of methoxy groups -OCH3 is 1. The summed E-state index contributed by atoms with van der Waals surface area (Å²) < 4.78 is 5.03. The van der Waals surface area contributed by atoms with Crippen molar-refractivity contribution in [3.05, 3.63) is 18.3 Å². The zero-order valence-corrected chi connectivity index (χ0v) is 9.94. The van der Waals surface area contributed by atoms with Crippen LogP contribution in [0.25, 0.3) is 0 Å². The number of alkyl halides is 1. The molecular formula is C9H14BrN3O. The SMILES string of the molecule is COCC(Br)CN(C)c1cccnn1. The van der Waals surface area contributed by atoms with Gasteiger partial charge in [0.2, 0.25) is 0 Å². The lowest BCUT2D eigenvalue weighted by Crippen LogP contribution is -2.28. The van der Waals surface area contributed by atoms with Gasteiger partial charge in [0.25, 0.3) is 0 Å². The van der Waals surface area contributed by atoms with Crippen LogP contribution in [-0.2, 0) is 4.74 Å². The zero-order valence-electron chi connectivity index (χ0n) is 8.35. The Morgan fingerprint density at radius 2 is 2.43 bits per heavy atom. The first-order valence-electron chi connectivity index (χ1n) is 4.36. The molecule has 0 spiro atoms. The topological polar surface area (TPSA) is 38.2 Å². The van der Waals surface area contributed by atoms with Crippen LogP contribution in [0.4, 0.5) is 5.82 Å². The van der Waals surface area contributed by atoms with Crippen molar-refractivity contribution >= 4 is 21.7 Å². The average molecular weight is 260 g/mol. The van der Waals surface area contributed by atoms with Gasteiger partial charge in [-0.15, -0.1) is 5.10 Å². The summed E-state index contributed by atoms with van der Waals surface area (Å²) in [5.41, 5.74) is 0. The molecule has 0 aliphatic heterocycles. The van der Waals surface area contributed by atoms with Gasteiger partial charge in [-0.2, -0.15) is 5.10 Å². The van der Waals surface area contributed by atoms with E-state index in [2.05, 4.69) is 26.1 Å². The molecular weight excluding hydrogens is 246 g/mol. The van der Waals surface area contributed by atoms with Crippen LogP contribution in [-0.4, -0.2) is 42.3 Å². The maximum Gasteiger partial charge on any atom is 0.151 e. The Labute approximate surface area is 92.4 Å². The van der Waals surface area contributed by atoms with Crippen molar-refractivity contribution in [2.75, 3.05) is 32.2 Å². The van der Waals surface area contributed by atoms with Crippen LogP contribution >= 0.6 is 15.9 Å². The Balaban J connectivity index is 2.46. The maximum absolute atomic E-state index is 5.03. The van der Waals surface area contributed by atoms with E-state index < -0.39 is 0 Å². The molecule has 5 heteroatoms. The van der Waals surface area contributed by atoms with Gasteiger partial charge in [-0.1, -0.05) is 15.9 Å². The minimum Gasteiger partial charge on any atom is -0.383 e. The lowest BCUT2D eigenvalue weighted by atomic mass is 10.4. The number of ether oxygens (including phenoxy) is 1. The number of nitrogens with zero attached hydrogens (tertiary/aromatic N) is 3. The van der Waals surface area contributed by atoms with Gasteiger partial charge < -0.3 is 9.64 Å². The molecule has 1 rings (SSSR count). The maximum atomic E-state index is 5.03. The molecule has 0 aromatic carbocycles. The van der Waals surface area contributed by atoms with E-state index in [1.807, 2.05) is 24.1 Å². The highest BCUT2D eigenvalue weighted by atomic mass is 79.9. The lowest BCUT2D eigenvalue weighted by Gasteiger charge is -2.20. The van der Waals surface area contributed by atoms with Crippen LogP contribution in [0.3, 0.4) is 0 Å². The quantitative estimate of drug-likeness (QED) is 0.748. The molecule has 1 atom stereocenters. The van der Waals surface area contributed by atoms with Crippen molar-refractivity contribution in [2.24, 2.45) is 0 Å². The molecule has 0 aliphatic rings. The summed E-state index contributed by atoms with van der Waals surface area (Å²) in [6, 6.07) is 3.80. The van der Waals surface area contributed by atoms with Crippen LogP contribution in [0.5, 0.6) is 0 Å². The van der Waals surface area contributed by atoms with Crippen molar-refractivity contribution in [3.8, 4) is 0 Å². The summed E-state index contributed by atoms with van der Waals surface area (Å²) in [4.78, 5) is 2.34. The van der Waals surface area contributed by atoms with Crippen LogP contribution in [0, 0.1) is 0 Å². The number of hydrogen-bond acceptors (Lipinski definition) is 4. The summed E-state index contributed by atoms with van der Waals surface area (Å²) in [7, 11) is 3.67. The third kappa shape index (κ3) is 3.59. The first-order valence-corrected chi connectivity index (χ1v) is 5.27. The number of rotatable bonds is 5. The summed E-state index contributed by atoms with van der Waals surface area (Å²) in [5.74, 6) is 0.869. The molecule has 1 heterocycles. The standard InChI is InChI=1S/C9H14BrN3O/c1-13(6-8(10)7-14-2)9-4-3-5-11-12-9/h3-5,8H,6-7H2,1-2H3. The summed E-state index contributed by atoms with van der Waals surface area (Å²) >= 11 is 3.52. The Bertz CT molecular complexity index is 257. The highest BCUT2D eigenvalue weighted by Gasteiger charge is 2.08.